The van der Waals surface area contributed by atoms with E-state index < -0.39 is 0 Å². The molecule has 2 heterocycles. The molecule has 0 bridgehead atoms. The SMILES string of the molecule is CCc1cc(CNc2nc3nnn(CCCCI)c3c(=O)[nH]2)ccc1C. The van der Waals surface area contributed by atoms with Gasteiger partial charge in [0.15, 0.2) is 5.52 Å². The van der Waals surface area contributed by atoms with Crippen molar-refractivity contribution in [2.75, 3.05) is 9.74 Å². The van der Waals surface area contributed by atoms with Crippen LogP contribution in [0.2, 0.25) is 0 Å². The van der Waals surface area contributed by atoms with Gasteiger partial charge in [-0.15, -0.1) is 5.10 Å². The standard InChI is InChI=1S/C18H23IN6O/c1-3-14-10-13(7-6-12(14)2)11-20-18-21-16-15(17(26)22-18)25(24-23-16)9-5-4-8-19/h6-7,10H,3-5,8-9,11H2,1-2H3,(H2,20,21,22,26). The van der Waals surface area contributed by atoms with Gasteiger partial charge in [0.2, 0.25) is 11.6 Å². The van der Waals surface area contributed by atoms with Gasteiger partial charge in [-0.1, -0.05) is 52.9 Å². The molecular weight excluding hydrogens is 443 g/mol. The number of nitrogens with one attached hydrogen (secondary N) is 2. The molecule has 0 aliphatic rings. The van der Waals surface area contributed by atoms with Crippen molar-refractivity contribution in [1.29, 1.82) is 0 Å². The summed E-state index contributed by atoms with van der Waals surface area (Å²) in [4.78, 5) is 19.6. The lowest BCUT2D eigenvalue weighted by Crippen LogP contribution is -2.16. The lowest BCUT2D eigenvalue weighted by Gasteiger charge is -2.09. The van der Waals surface area contributed by atoms with Gasteiger partial charge < -0.3 is 5.32 Å². The highest BCUT2D eigenvalue weighted by molar-refractivity contribution is 14.1. The van der Waals surface area contributed by atoms with E-state index in [0.29, 0.717) is 30.2 Å². The van der Waals surface area contributed by atoms with Gasteiger partial charge in [0.1, 0.15) is 0 Å². The van der Waals surface area contributed by atoms with E-state index in [4.69, 9.17) is 0 Å². The van der Waals surface area contributed by atoms with Gasteiger partial charge in [0.05, 0.1) is 0 Å². The van der Waals surface area contributed by atoms with Crippen molar-refractivity contribution in [2.45, 2.75) is 46.2 Å². The first-order chi connectivity index (χ1) is 12.6. The molecule has 1 aromatic carbocycles. The Balaban J connectivity index is 1.76. The number of benzene rings is 1. The van der Waals surface area contributed by atoms with E-state index in [2.05, 4.69) is 80.2 Å². The molecule has 0 aliphatic carbocycles. The summed E-state index contributed by atoms with van der Waals surface area (Å²) in [6, 6.07) is 6.39. The van der Waals surface area contributed by atoms with Crippen LogP contribution in [0.25, 0.3) is 11.2 Å². The van der Waals surface area contributed by atoms with Crippen LogP contribution in [-0.2, 0) is 19.5 Å². The van der Waals surface area contributed by atoms with Crippen LogP contribution in [0.15, 0.2) is 23.0 Å². The van der Waals surface area contributed by atoms with Crippen LogP contribution in [0.4, 0.5) is 5.95 Å². The summed E-state index contributed by atoms with van der Waals surface area (Å²) in [6.45, 7) is 5.54. The number of rotatable bonds is 8. The predicted octanol–water partition coefficient (Wildman–Crippen LogP) is 3.21. The Labute approximate surface area is 165 Å². The molecule has 0 amide bonds. The van der Waals surface area contributed by atoms with Gasteiger partial charge in [-0.05, 0) is 47.3 Å². The zero-order valence-corrected chi connectivity index (χ0v) is 17.2. The maximum atomic E-state index is 12.4. The highest BCUT2D eigenvalue weighted by Crippen LogP contribution is 2.13. The van der Waals surface area contributed by atoms with Crippen molar-refractivity contribution in [1.82, 2.24) is 25.0 Å². The number of H-pyrrole nitrogens is 1. The van der Waals surface area contributed by atoms with Crippen LogP contribution in [-0.4, -0.2) is 29.4 Å². The molecule has 8 heteroatoms. The third kappa shape index (κ3) is 4.22. The quantitative estimate of drug-likeness (QED) is 0.303. The van der Waals surface area contributed by atoms with Gasteiger partial charge in [0, 0.05) is 13.1 Å². The molecule has 0 saturated carbocycles. The number of hydrogen-bond donors (Lipinski definition) is 2. The molecule has 0 spiro atoms. The van der Waals surface area contributed by atoms with Gasteiger partial charge >= 0.3 is 0 Å². The summed E-state index contributed by atoms with van der Waals surface area (Å²) < 4.78 is 2.73. The Bertz CT molecular complexity index is 948. The fourth-order valence-corrected chi connectivity index (χ4v) is 3.44. The van der Waals surface area contributed by atoms with Crippen LogP contribution in [0.3, 0.4) is 0 Å². The molecule has 2 aromatic heterocycles. The lowest BCUT2D eigenvalue weighted by molar-refractivity contribution is 0.569. The second kappa shape index (κ2) is 8.61. The lowest BCUT2D eigenvalue weighted by atomic mass is 10.0. The van der Waals surface area contributed by atoms with Crippen molar-refractivity contribution < 1.29 is 0 Å². The van der Waals surface area contributed by atoms with Crippen LogP contribution in [0, 0.1) is 6.92 Å². The molecule has 0 atom stereocenters. The second-order valence-electron chi connectivity index (χ2n) is 6.26. The maximum Gasteiger partial charge on any atom is 0.280 e. The number of halogens is 1. The zero-order chi connectivity index (χ0) is 18.5. The molecule has 0 fully saturated rings. The molecule has 7 nitrogen and oxygen atoms in total. The number of aromatic nitrogens is 5. The van der Waals surface area contributed by atoms with E-state index in [-0.39, 0.29) is 5.56 Å². The average molecular weight is 466 g/mol. The first-order valence-corrected chi connectivity index (χ1v) is 10.4. The van der Waals surface area contributed by atoms with Gasteiger partial charge in [-0.3, -0.25) is 9.78 Å². The third-order valence-corrected chi connectivity index (χ3v) is 5.15. The number of unbranched alkanes of at least 4 members (excludes halogenated alkanes) is 1. The minimum Gasteiger partial charge on any atom is -0.352 e. The zero-order valence-electron chi connectivity index (χ0n) is 15.0. The highest BCUT2D eigenvalue weighted by atomic mass is 127. The average Bonchev–Trinajstić information content (AvgIpc) is 3.05. The predicted molar refractivity (Wildman–Crippen MR) is 112 cm³/mol. The van der Waals surface area contributed by atoms with Crippen molar-refractivity contribution in [3.05, 3.63) is 45.2 Å². The molecule has 3 rings (SSSR count). The van der Waals surface area contributed by atoms with Gasteiger partial charge in [-0.2, -0.15) is 4.98 Å². The third-order valence-electron chi connectivity index (χ3n) is 4.39. The number of aryl methyl sites for hydroxylation is 3. The largest absolute Gasteiger partial charge is 0.352 e. The Morgan fingerprint density at radius 3 is 2.92 bits per heavy atom. The minimum atomic E-state index is -0.213. The fraction of sp³-hybridized carbons (Fsp3) is 0.444. The van der Waals surface area contributed by atoms with Crippen molar-refractivity contribution >= 4 is 39.7 Å². The first-order valence-electron chi connectivity index (χ1n) is 8.84. The summed E-state index contributed by atoms with van der Waals surface area (Å²) in [5.41, 5.74) is 4.38. The number of hydrogen-bond acceptors (Lipinski definition) is 5. The maximum absolute atomic E-state index is 12.4. The number of alkyl halides is 1. The van der Waals surface area contributed by atoms with Gasteiger partial charge in [0.25, 0.3) is 5.56 Å². The van der Waals surface area contributed by atoms with E-state index in [0.717, 1.165) is 29.3 Å². The number of anilines is 1. The van der Waals surface area contributed by atoms with E-state index in [1.54, 1.807) is 4.68 Å². The molecule has 138 valence electrons. The normalized spacial score (nSPS) is 11.2. The molecule has 26 heavy (non-hydrogen) atoms. The van der Waals surface area contributed by atoms with Crippen LogP contribution >= 0.6 is 22.6 Å². The summed E-state index contributed by atoms with van der Waals surface area (Å²) in [7, 11) is 0. The van der Waals surface area contributed by atoms with Crippen molar-refractivity contribution in [2.24, 2.45) is 0 Å². The van der Waals surface area contributed by atoms with E-state index in [9.17, 15) is 4.79 Å². The first kappa shape index (κ1) is 18.8. The van der Waals surface area contributed by atoms with E-state index in [1.165, 1.54) is 11.1 Å². The topological polar surface area (TPSA) is 88.5 Å². The second-order valence-corrected chi connectivity index (χ2v) is 7.34. The monoisotopic (exact) mass is 466 g/mol. The molecule has 0 aliphatic heterocycles. The van der Waals surface area contributed by atoms with E-state index >= 15 is 0 Å². The van der Waals surface area contributed by atoms with Gasteiger partial charge in [-0.25, -0.2) is 4.68 Å². The molecule has 3 aromatic rings. The number of aromatic amines is 1. The van der Waals surface area contributed by atoms with Crippen LogP contribution in [0.5, 0.6) is 0 Å². The summed E-state index contributed by atoms with van der Waals surface area (Å²) in [5.74, 6) is 0.417. The Morgan fingerprint density at radius 2 is 2.15 bits per heavy atom. The summed E-state index contributed by atoms with van der Waals surface area (Å²) in [5, 5.41) is 11.3. The molecule has 0 radical (unpaired) electrons. The summed E-state index contributed by atoms with van der Waals surface area (Å²) in [6.07, 6.45) is 3.05. The minimum absolute atomic E-state index is 0.213. The Kier molecular flexibility index (Phi) is 6.23. The Hall–Kier alpha value is -1.97. The molecular formula is C18H23IN6O. The van der Waals surface area contributed by atoms with Crippen LogP contribution in [0.1, 0.15) is 36.5 Å². The number of fused-ring (bicyclic) bond motifs is 1. The fourth-order valence-electron chi connectivity index (χ4n) is 2.90. The highest BCUT2D eigenvalue weighted by Gasteiger charge is 2.12. The van der Waals surface area contributed by atoms with E-state index in [1.807, 2.05) is 0 Å². The number of nitrogens with zero attached hydrogens (tertiary/aromatic N) is 4. The van der Waals surface area contributed by atoms with Crippen molar-refractivity contribution in [3.63, 3.8) is 0 Å². The molecule has 2 N–H and O–H groups in total. The molecule has 0 saturated heterocycles. The summed E-state index contributed by atoms with van der Waals surface area (Å²) >= 11 is 2.34. The Morgan fingerprint density at radius 1 is 1.31 bits per heavy atom. The van der Waals surface area contributed by atoms with Crippen LogP contribution < -0.4 is 10.9 Å². The van der Waals surface area contributed by atoms with Crippen molar-refractivity contribution in [3.8, 4) is 0 Å². The smallest absolute Gasteiger partial charge is 0.280 e. The molecule has 0 unspecified atom stereocenters.